The molecule has 0 spiro atoms. The van der Waals surface area contributed by atoms with Crippen molar-refractivity contribution in [3.8, 4) is 0 Å². The maximum absolute atomic E-state index is 12.9. The maximum atomic E-state index is 12.9. The average Bonchev–Trinajstić information content (AvgIpc) is 3.51. The van der Waals surface area contributed by atoms with Crippen molar-refractivity contribution in [3.63, 3.8) is 0 Å². The number of nitrogens with one attached hydrogen (secondary N) is 2. The van der Waals surface area contributed by atoms with Gasteiger partial charge in [0.25, 0.3) is 5.91 Å². The minimum Gasteiger partial charge on any atom is -0.328 e. The molecule has 2 heterocycles. The zero-order valence-electron chi connectivity index (χ0n) is 19.2. The van der Waals surface area contributed by atoms with Gasteiger partial charge in [0.1, 0.15) is 5.82 Å². The molecule has 1 fully saturated rings. The van der Waals surface area contributed by atoms with Crippen LogP contribution < -0.4 is 10.9 Å². The number of sulfonamides is 1. The van der Waals surface area contributed by atoms with E-state index < -0.39 is 10.0 Å². The standard InChI is InChI=1S/C24H29N5O4S/c1-2-14-29-21-11-10-19(34(32,33)28-15-6-7-16-28)17-20(21)25-22(29)12-13-23(30)26-27-24(31)18-8-4-3-5-9-18/h3-5,8-11,17H,2,6-7,12-16H2,1H3,(H,26,30)(H,27,31). The van der Waals surface area contributed by atoms with Gasteiger partial charge in [-0.05, 0) is 49.6 Å². The Morgan fingerprint density at radius 3 is 2.47 bits per heavy atom. The van der Waals surface area contributed by atoms with E-state index in [4.69, 9.17) is 0 Å². The van der Waals surface area contributed by atoms with E-state index in [1.807, 2.05) is 17.6 Å². The van der Waals surface area contributed by atoms with Gasteiger partial charge in [0, 0.05) is 38.0 Å². The van der Waals surface area contributed by atoms with Crippen molar-refractivity contribution in [2.75, 3.05) is 13.1 Å². The molecule has 4 rings (SSSR count). The second-order valence-corrected chi connectivity index (χ2v) is 10.2. The van der Waals surface area contributed by atoms with E-state index in [1.54, 1.807) is 42.5 Å². The van der Waals surface area contributed by atoms with Gasteiger partial charge in [-0.25, -0.2) is 13.4 Å². The van der Waals surface area contributed by atoms with E-state index in [0.717, 1.165) is 24.8 Å². The van der Waals surface area contributed by atoms with Crippen LogP contribution in [0.2, 0.25) is 0 Å². The number of hydrazine groups is 1. The minimum atomic E-state index is -3.53. The predicted octanol–water partition coefficient (Wildman–Crippen LogP) is 2.62. The van der Waals surface area contributed by atoms with Gasteiger partial charge >= 0.3 is 0 Å². The molecule has 10 heteroatoms. The molecular weight excluding hydrogens is 454 g/mol. The summed E-state index contributed by atoms with van der Waals surface area (Å²) in [6.45, 7) is 3.85. The molecule has 34 heavy (non-hydrogen) atoms. The monoisotopic (exact) mass is 483 g/mol. The Hall–Kier alpha value is -3.24. The smallest absolute Gasteiger partial charge is 0.269 e. The lowest BCUT2D eigenvalue weighted by molar-refractivity contribution is -0.121. The highest BCUT2D eigenvalue weighted by molar-refractivity contribution is 7.89. The van der Waals surface area contributed by atoms with Crippen LogP contribution in [0, 0.1) is 0 Å². The maximum Gasteiger partial charge on any atom is 0.269 e. The third-order valence-corrected chi connectivity index (χ3v) is 7.77. The number of carbonyl (C=O) groups is 2. The van der Waals surface area contributed by atoms with Crippen molar-refractivity contribution < 1.29 is 18.0 Å². The Morgan fingerprint density at radius 1 is 1.03 bits per heavy atom. The summed E-state index contributed by atoms with van der Waals surface area (Å²) < 4.78 is 29.4. The lowest BCUT2D eigenvalue weighted by Gasteiger charge is -2.15. The van der Waals surface area contributed by atoms with Crippen molar-refractivity contribution in [1.29, 1.82) is 0 Å². The summed E-state index contributed by atoms with van der Waals surface area (Å²) in [7, 11) is -3.53. The Labute approximate surface area is 199 Å². The number of carbonyl (C=O) groups excluding carboxylic acids is 2. The van der Waals surface area contributed by atoms with Crippen LogP contribution in [-0.4, -0.2) is 47.2 Å². The van der Waals surface area contributed by atoms with Crippen molar-refractivity contribution in [3.05, 3.63) is 59.9 Å². The third kappa shape index (κ3) is 5.13. The van der Waals surface area contributed by atoms with Crippen molar-refractivity contribution in [2.45, 2.75) is 50.5 Å². The number of benzene rings is 2. The van der Waals surface area contributed by atoms with Crippen molar-refractivity contribution >= 4 is 32.9 Å². The Kier molecular flexibility index (Phi) is 7.28. The summed E-state index contributed by atoms with van der Waals surface area (Å²) in [6.07, 6.45) is 3.11. The van der Waals surface area contributed by atoms with E-state index in [0.29, 0.717) is 43.0 Å². The molecule has 2 aromatic carbocycles. The molecule has 1 aliphatic rings. The molecule has 1 saturated heterocycles. The number of fused-ring (bicyclic) bond motifs is 1. The molecule has 2 amide bonds. The fraction of sp³-hybridized carbons (Fsp3) is 0.375. The molecule has 3 aromatic rings. The average molecular weight is 484 g/mol. The first-order valence-corrected chi connectivity index (χ1v) is 13.0. The van der Waals surface area contributed by atoms with Crippen LogP contribution in [0.3, 0.4) is 0 Å². The number of rotatable bonds is 8. The molecule has 0 aliphatic carbocycles. The van der Waals surface area contributed by atoms with Gasteiger partial charge in [0.2, 0.25) is 15.9 Å². The van der Waals surface area contributed by atoms with Crippen molar-refractivity contribution in [2.24, 2.45) is 0 Å². The quantitative estimate of drug-likeness (QED) is 0.478. The number of amides is 2. The SMILES string of the molecule is CCCn1c(CCC(=O)NNC(=O)c2ccccc2)nc2cc(S(=O)(=O)N3CCCC3)ccc21. The zero-order valence-corrected chi connectivity index (χ0v) is 20.0. The summed E-state index contributed by atoms with van der Waals surface area (Å²) in [4.78, 5) is 29.3. The van der Waals surface area contributed by atoms with Gasteiger partial charge in [0.15, 0.2) is 0 Å². The number of imidazole rings is 1. The lowest BCUT2D eigenvalue weighted by atomic mass is 10.2. The molecule has 1 aromatic heterocycles. The largest absolute Gasteiger partial charge is 0.328 e. The summed E-state index contributed by atoms with van der Waals surface area (Å²) in [5, 5.41) is 0. The second-order valence-electron chi connectivity index (χ2n) is 8.31. The Bertz CT molecular complexity index is 1280. The van der Waals surface area contributed by atoms with E-state index in [9.17, 15) is 18.0 Å². The Balaban J connectivity index is 1.46. The van der Waals surface area contributed by atoms with Crippen LogP contribution in [-0.2, 0) is 27.8 Å². The molecule has 1 aliphatic heterocycles. The predicted molar refractivity (Wildman–Crippen MR) is 128 cm³/mol. The Morgan fingerprint density at radius 2 is 1.76 bits per heavy atom. The van der Waals surface area contributed by atoms with Gasteiger partial charge in [0.05, 0.1) is 15.9 Å². The van der Waals surface area contributed by atoms with Crippen LogP contribution in [0.5, 0.6) is 0 Å². The highest BCUT2D eigenvalue weighted by atomic mass is 32.2. The van der Waals surface area contributed by atoms with E-state index in [-0.39, 0.29) is 23.1 Å². The van der Waals surface area contributed by atoms with Gasteiger partial charge in [-0.15, -0.1) is 0 Å². The summed E-state index contributed by atoms with van der Waals surface area (Å²) in [5.74, 6) is -0.0206. The van der Waals surface area contributed by atoms with E-state index in [1.165, 1.54) is 4.31 Å². The number of hydrogen-bond donors (Lipinski definition) is 2. The first-order valence-electron chi connectivity index (χ1n) is 11.5. The number of hydrogen-bond acceptors (Lipinski definition) is 5. The van der Waals surface area contributed by atoms with Crippen LogP contribution >= 0.6 is 0 Å². The van der Waals surface area contributed by atoms with Gasteiger partial charge < -0.3 is 4.57 Å². The van der Waals surface area contributed by atoms with Gasteiger partial charge in [-0.2, -0.15) is 4.31 Å². The van der Waals surface area contributed by atoms with E-state index in [2.05, 4.69) is 15.8 Å². The first-order chi connectivity index (χ1) is 16.4. The summed E-state index contributed by atoms with van der Waals surface area (Å²) >= 11 is 0. The number of nitrogens with zero attached hydrogens (tertiary/aromatic N) is 3. The van der Waals surface area contributed by atoms with Crippen LogP contribution in [0.1, 0.15) is 48.8 Å². The second kappa shape index (κ2) is 10.4. The topological polar surface area (TPSA) is 113 Å². The molecule has 2 N–H and O–H groups in total. The molecule has 180 valence electrons. The van der Waals surface area contributed by atoms with E-state index >= 15 is 0 Å². The molecule has 0 unspecified atom stereocenters. The van der Waals surface area contributed by atoms with Crippen LogP contribution in [0.25, 0.3) is 11.0 Å². The number of aromatic nitrogens is 2. The van der Waals surface area contributed by atoms with Gasteiger partial charge in [-0.3, -0.25) is 20.4 Å². The van der Waals surface area contributed by atoms with Crippen molar-refractivity contribution in [1.82, 2.24) is 24.7 Å². The lowest BCUT2D eigenvalue weighted by Crippen LogP contribution is -2.41. The third-order valence-electron chi connectivity index (χ3n) is 5.88. The summed E-state index contributed by atoms with van der Waals surface area (Å²) in [5.41, 5.74) is 6.74. The molecule has 9 nitrogen and oxygen atoms in total. The minimum absolute atomic E-state index is 0.126. The molecule has 0 radical (unpaired) electrons. The van der Waals surface area contributed by atoms with Crippen LogP contribution in [0.15, 0.2) is 53.4 Å². The molecule has 0 saturated carbocycles. The summed E-state index contributed by atoms with van der Waals surface area (Å²) in [6, 6.07) is 13.7. The highest BCUT2D eigenvalue weighted by Crippen LogP contribution is 2.25. The molecule has 0 atom stereocenters. The molecule has 0 bridgehead atoms. The fourth-order valence-electron chi connectivity index (χ4n) is 4.14. The highest BCUT2D eigenvalue weighted by Gasteiger charge is 2.28. The van der Waals surface area contributed by atoms with Gasteiger partial charge in [-0.1, -0.05) is 25.1 Å². The zero-order chi connectivity index (χ0) is 24.1. The van der Waals surface area contributed by atoms with Crippen LogP contribution in [0.4, 0.5) is 0 Å². The molecular formula is C24H29N5O4S. The fourth-order valence-corrected chi connectivity index (χ4v) is 5.68. The number of aryl methyl sites for hydroxylation is 2. The normalized spacial score (nSPS) is 14.4. The first kappa shape index (κ1) is 23.9.